The van der Waals surface area contributed by atoms with Crippen molar-refractivity contribution in [3.63, 3.8) is 0 Å². The van der Waals surface area contributed by atoms with Crippen molar-refractivity contribution in [2.24, 2.45) is 0 Å². The zero-order chi connectivity index (χ0) is 9.91. The number of hydrogen-bond donors (Lipinski definition) is 2. The molecule has 2 aliphatic rings. The molecule has 3 unspecified atom stereocenters. The molecule has 1 saturated heterocycles. The van der Waals surface area contributed by atoms with E-state index in [9.17, 15) is 10.2 Å². The lowest BCUT2D eigenvalue weighted by Crippen LogP contribution is -2.49. The molecule has 3 heteroatoms. The van der Waals surface area contributed by atoms with Crippen LogP contribution in [0.4, 0.5) is 0 Å². The molecule has 1 saturated carbocycles. The number of ether oxygens (including phenoxy) is 1. The van der Waals surface area contributed by atoms with E-state index in [0.717, 1.165) is 0 Å². The average molecular weight is 186 g/mol. The fraction of sp³-hybridized carbons (Fsp3) is 1.00. The molecule has 3 atom stereocenters. The molecule has 2 N–H and O–H groups in total. The highest BCUT2D eigenvalue weighted by Crippen LogP contribution is 2.50. The van der Waals surface area contributed by atoms with Gasteiger partial charge in [0.15, 0.2) is 0 Å². The van der Waals surface area contributed by atoms with Gasteiger partial charge in [0.25, 0.3) is 0 Å². The van der Waals surface area contributed by atoms with Crippen LogP contribution in [0.15, 0.2) is 0 Å². The first kappa shape index (κ1) is 9.44. The van der Waals surface area contributed by atoms with Crippen LogP contribution >= 0.6 is 0 Å². The van der Waals surface area contributed by atoms with Gasteiger partial charge in [-0.25, -0.2) is 0 Å². The van der Waals surface area contributed by atoms with Gasteiger partial charge >= 0.3 is 0 Å². The van der Waals surface area contributed by atoms with Crippen molar-refractivity contribution < 1.29 is 14.9 Å². The minimum Gasteiger partial charge on any atom is -0.387 e. The van der Waals surface area contributed by atoms with Crippen molar-refractivity contribution in [3.05, 3.63) is 0 Å². The zero-order valence-corrected chi connectivity index (χ0v) is 8.50. The second kappa shape index (κ2) is 2.27. The summed E-state index contributed by atoms with van der Waals surface area (Å²) in [6, 6.07) is 0. The van der Waals surface area contributed by atoms with Crippen LogP contribution < -0.4 is 0 Å². The Kier molecular flexibility index (Phi) is 1.65. The van der Waals surface area contributed by atoms with Gasteiger partial charge in [-0.15, -0.1) is 0 Å². The van der Waals surface area contributed by atoms with Gasteiger partial charge in [-0.1, -0.05) is 0 Å². The van der Waals surface area contributed by atoms with Crippen LogP contribution in [0.1, 0.15) is 40.0 Å². The van der Waals surface area contributed by atoms with E-state index >= 15 is 0 Å². The number of aliphatic hydroxyl groups is 2. The summed E-state index contributed by atoms with van der Waals surface area (Å²) in [5.41, 5.74) is -2.02. The Morgan fingerprint density at radius 2 is 1.77 bits per heavy atom. The van der Waals surface area contributed by atoms with Crippen molar-refractivity contribution in [2.45, 2.75) is 62.9 Å². The summed E-state index contributed by atoms with van der Waals surface area (Å²) in [5.74, 6) is 0. The van der Waals surface area contributed by atoms with Gasteiger partial charge in [0, 0.05) is 6.42 Å². The summed E-state index contributed by atoms with van der Waals surface area (Å²) in [5, 5.41) is 20.2. The Hall–Kier alpha value is -0.120. The van der Waals surface area contributed by atoms with E-state index in [2.05, 4.69) is 0 Å². The van der Waals surface area contributed by atoms with E-state index in [0.29, 0.717) is 19.3 Å². The molecule has 0 aromatic rings. The van der Waals surface area contributed by atoms with Crippen molar-refractivity contribution in [3.8, 4) is 0 Å². The van der Waals surface area contributed by atoms with Crippen LogP contribution in [0.25, 0.3) is 0 Å². The maximum Gasteiger partial charge on any atom is 0.0957 e. The molecular formula is C10H18O3. The summed E-state index contributed by atoms with van der Waals surface area (Å²) >= 11 is 0. The molecular weight excluding hydrogens is 168 g/mol. The van der Waals surface area contributed by atoms with Crippen molar-refractivity contribution in [1.29, 1.82) is 0 Å². The molecule has 0 aromatic carbocycles. The van der Waals surface area contributed by atoms with E-state index in [1.807, 2.05) is 13.8 Å². The Labute approximate surface area is 78.7 Å². The highest BCUT2D eigenvalue weighted by Gasteiger charge is 2.60. The highest BCUT2D eigenvalue weighted by molar-refractivity contribution is 5.11. The Balaban J connectivity index is 2.31. The summed E-state index contributed by atoms with van der Waals surface area (Å²) in [6.07, 6.45) is 1.61. The fourth-order valence-electron chi connectivity index (χ4n) is 2.43. The Morgan fingerprint density at radius 1 is 1.15 bits per heavy atom. The van der Waals surface area contributed by atoms with E-state index in [1.54, 1.807) is 6.92 Å². The molecule has 2 bridgehead atoms. The lowest BCUT2D eigenvalue weighted by atomic mass is 9.72. The zero-order valence-electron chi connectivity index (χ0n) is 8.50. The first-order valence-electron chi connectivity index (χ1n) is 4.89. The molecule has 2 rings (SSSR count). The Bertz CT molecular complexity index is 232. The van der Waals surface area contributed by atoms with E-state index in [1.165, 1.54) is 0 Å². The SMILES string of the molecule is CC1(O)CCC2(O)CC1OC2(C)C. The first-order valence-corrected chi connectivity index (χ1v) is 4.89. The molecule has 76 valence electrons. The molecule has 2 fully saturated rings. The smallest absolute Gasteiger partial charge is 0.0957 e. The molecule has 0 aromatic heterocycles. The predicted octanol–water partition coefficient (Wildman–Crippen LogP) is 0.830. The molecule has 13 heavy (non-hydrogen) atoms. The van der Waals surface area contributed by atoms with Gasteiger partial charge in [-0.2, -0.15) is 0 Å². The molecule has 0 radical (unpaired) electrons. The fourth-order valence-corrected chi connectivity index (χ4v) is 2.43. The van der Waals surface area contributed by atoms with E-state index < -0.39 is 16.8 Å². The van der Waals surface area contributed by atoms with Crippen molar-refractivity contribution in [1.82, 2.24) is 0 Å². The third-order valence-corrected chi connectivity index (χ3v) is 3.82. The van der Waals surface area contributed by atoms with Crippen molar-refractivity contribution >= 4 is 0 Å². The van der Waals surface area contributed by atoms with Gasteiger partial charge in [-0.3, -0.25) is 0 Å². The molecule has 1 aliphatic carbocycles. The summed E-state index contributed by atoms with van der Waals surface area (Å²) in [4.78, 5) is 0. The highest BCUT2D eigenvalue weighted by atomic mass is 16.6. The van der Waals surface area contributed by atoms with Crippen LogP contribution in [0.2, 0.25) is 0 Å². The van der Waals surface area contributed by atoms with Crippen LogP contribution in [0.5, 0.6) is 0 Å². The van der Waals surface area contributed by atoms with Gasteiger partial charge in [0.05, 0.1) is 22.9 Å². The average Bonchev–Trinajstić information content (AvgIpc) is 2.17. The van der Waals surface area contributed by atoms with E-state index in [4.69, 9.17) is 4.74 Å². The summed E-state index contributed by atoms with van der Waals surface area (Å²) < 4.78 is 5.69. The molecule has 0 amide bonds. The largest absolute Gasteiger partial charge is 0.387 e. The number of rotatable bonds is 0. The first-order chi connectivity index (χ1) is 5.77. The summed E-state index contributed by atoms with van der Waals surface area (Å²) in [6.45, 7) is 5.58. The van der Waals surface area contributed by atoms with Gasteiger partial charge in [0.1, 0.15) is 0 Å². The van der Waals surface area contributed by atoms with Gasteiger partial charge in [0.2, 0.25) is 0 Å². The Morgan fingerprint density at radius 3 is 2.31 bits per heavy atom. The number of fused-ring (bicyclic) bond motifs is 2. The third-order valence-electron chi connectivity index (χ3n) is 3.82. The summed E-state index contributed by atoms with van der Waals surface area (Å²) in [7, 11) is 0. The minimum absolute atomic E-state index is 0.207. The van der Waals surface area contributed by atoms with Crippen LogP contribution in [-0.2, 0) is 4.74 Å². The maximum atomic E-state index is 10.2. The molecule has 1 heterocycles. The lowest BCUT2D eigenvalue weighted by Gasteiger charge is -2.38. The van der Waals surface area contributed by atoms with E-state index in [-0.39, 0.29) is 6.10 Å². The van der Waals surface area contributed by atoms with Gasteiger partial charge in [-0.05, 0) is 33.6 Å². The monoisotopic (exact) mass is 186 g/mol. The quantitative estimate of drug-likeness (QED) is 0.589. The second-order valence-electron chi connectivity index (χ2n) is 5.21. The topological polar surface area (TPSA) is 49.7 Å². The maximum absolute atomic E-state index is 10.2. The van der Waals surface area contributed by atoms with Crippen LogP contribution in [-0.4, -0.2) is 33.1 Å². The molecule has 1 aliphatic heterocycles. The second-order valence-corrected chi connectivity index (χ2v) is 5.21. The molecule has 3 nitrogen and oxygen atoms in total. The van der Waals surface area contributed by atoms with Crippen LogP contribution in [0.3, 0.4) is 0 Å². The van der Waals surface area contributed by atoms with Gasteiger partial charge < -0.3 is 14.9 Å². The molecule has 0 spiro atoms. The minimum atomic E-state index is -0.764. The standard InChI is InChI=1S/C10H18O3/c1-8(2)10(12)5-4-9(3,11)7(6-10)13-8/h7,11-12H,4-6H2,1-3H3. The van der Waals surface area contributed by atoms with Crippen molar-refractivity contribution in [2.75, 3.05) is 0 Å². The number of hydrogen-bond acceptors (Lipinski definition) is 3. The third kappa shape index (κ3) is 1.14. The lowest BCUT2D eigenvalue weighted by molar-refractivity contribution is -0.121. The van der Waals surface area contributed by atoms with Crippen LogP contribution in [0, 0.1) is 0 Å². The predicted molar refractivity (Wildman–Crippen MR) is 48.4 cm³/mol. The normalized spacial score (nSPS) is 53.8.